The normalized spacial score (nSPS) is 13.0. The average Bonchev–Trinajstić information content (AvgIpc) is 1.88. The molecule has 1 rings (SSSR count). The summed E-state index contributed by atoms with van der Waals surface area (Å²) >= 11 is 0. The van der Waals surface area contributed by atoms with E-state index in [9.17, 15) is 0 Å². The molecule has 0 spiro atoms. The van der Waals surface area contributed by atoms with Crippen LogP contribution in [0.3, 0.4) is 0 Å². The van der Waals surface area contributed by atoms with E-state index in [0.29, 0.717) is 5.69 Å². The van der Waals surface area contributed by atoms with Crippen molar-refractivity contribution in [2.75, 3.05) is 5.73 Å². The van der Waals surface area contributed by atoms with Crippen LogP contribution in [0.5, 0.6) is 0 Å². The van der Waals surface area contributed by atoms with Crippen LogP contribution in [0.2, 0.25) is 0 Å². The molecule has 0 saturated heterocycles. The van der Waals surface area contributed by atoms with E-state index in [-0.39, 0.29) is 6.04 Å². The number of rotatable bonds is 1. The molecule has 4 N–H and O–H groups in total. The van der Waals surface area contributed by atoms with E-state index in [0.717, 1.165) is 5.69 Å². The van der Waals surface area contributed by atoms with Gasteiger partial charge in [-0.3, -0.25) is 4.98 Å². The molecule has 0 fully saturated rings. The average molecular weight is 137 g/mol. The van der Waals surface area contributed by atoms with Crippen molar-refractivity contribution in [2.24, 2.45) is 5.73 Å². The van der Waals surface area contributed by atoms with Gasteiger partial charge in [-0.25, -0.2) is 0 Å². The van der Waals surface area contributed by atoms with Gasteiger partial charge in [0.2, 0.25) is 0 Å². The molecule has 1 heterocycles. The summed E-state index contributed by atoms with van der Waals surface area (Å²) in [4.78, 5) is 4.03. The Hall–Kier alpha value is -1.09. The Morgan fingerprint density at radius 1 is 1.60 bits per heavy atom. The predicted molar refractivity (Wildman–Crippen MR) is 41.3 cm³/mol. The van der Waals surface area contributed by atoms with Crippen molar-refractivity contribution in [1.82, 2.24) is 4.98 Å². The van der Waals surface area contributed by atoms with Gasteiger partial charge in [0.1, 0.15) is 0 Å². The molecule has 0 amide bonds. The Bertz CT molecular complexity index is 220. The van der Waals surface area contributed by atoms with Crippen LogP contribution in [0.4, 0.5) is 5.69 Å². The summed E-state index contributed by atoms with van der Waals surface area (Å²) in [5.74, 6) is 0. The molecule has 1 aromatic heterocycles. The number of hydrogen-bond donors (Lipinski definition) is 2. The van der Waals surface area contributed by atoms with Crippen molar-refractivity contribution in [3.8, 4) is 0 Å². The van der Waals surface area contributed by atoms with Crippen molar-refractivity contribution in [3.63, 3.8) is 0 Å². The topological polar surface area (TPSA) is 64.9 Å². The predicted octanol–water partition coefficient (Wildman–Crippen LogP) is 0.684. The number of nitrogen functional groups attached to an aromatic ring is 1. The maximum absolute atomic E-state index is 5.56. The lowest BCUT2D eigenvalue weighted by atomic mass is 10.2. The first-order chi connectivity index (χ1) is 4.70. The van der Waals surface area contributed by atoms with Crippen LogP contribution in [0.1, 0.15) is 18.7 Å². The molecule has 0 bridgehead atoms. The highest BCUT2D eigenvalue weighted by atomic mass is 14.8. The molecular formula is C7H11N3. The van der Waals surface area contributed by atoms with Crippen LogP contribution in [0.15, 0.2) is 18.3 Å². The van der Waals surface area contributed by atoms with Gasteiger partial charge in [0, 0.05) is 17.9 Å². The minimum atomic E-state index is -0.0384. The molecule has 0 aromatic carbocycles. The van der Waals surface area contributed by atoms with Crippen molar-refractivity contribution >= 4 is 5.69 Å². The molecule has 0 saturated carbocycles. The molecule has 0 aliphatic carbocycles. The zero-order valence-corrected chi connectivity index (χ0v) is 5.91. The summed E-state index contributed by atoms with van der Waals surface area (Å²) in [5.41, 5.74) is 12.6. The second-order valence-corrected chi connectivity index (χ2v) is 2.30. The lowest BCUT2D eigenvalue weighted by molar-refractivity contribution is 0.782. The van der Waals surface area contributed by atoms with Crippen LogP contribution in [0.25, 0.3) is 0 Å². The molecule has 1 aromatic rings. The first kappa shape index (κ1) is 7.02. The van der Waals surface area contributed by atoms with Crippen molar-refractivity contribution < 1.29 is 0 Å². The van der Waals surface area contributed by atoms with Gasteiger partial charge in [-0.15, -0.1) is 0 Å². The number of nitrogens with zero attached hydrogens (tertiary/aromatic N) is 1. The number of hydrogen-bond acceptors (Lipinski definition) is 3. The molecular weight excluding hydrogens is 126 g/mol. The highest BCUT2D eigenvalue weighted by Gasteiger charge is 1.98. The maximum Gasteiger partial charge on any atom is 0.0588 e. The highest BCUT2D eigenvalue weighted by Crippen LogP contribution is 2.08. The van der Waals surface area contributed by atoms with Crippen LogP contribution < -0.4 is 11.5 Å². The molecule has 54 valence electrons. The fourth-order valence-electron chi connectivity index (χ4n) is 0.715. The van der Waals surface area contributed by atoms with E-state index in [1.165, 1.54) is 0 Å². The second-order valence-electron chi connectivity index (χ2n) is 2.30. The summed E-state index contributed by atoms with van der Waals surface area (Å²) in [6.07, 6.45) is 1.66. The van der Waals surface area contributed by atoms with Crippen LogP contribution >= 0.6 is 0 Å². The third kappa shape index (κ3) is 1.45. The Morgan fingerprint density at radius 2 is 2.30 bits per heavy atom. The molecule has 3 nitrogen and oxygen atoms in total. The number of anilines is 1. The summed E-state index contributed by atoms with van der Waals surface area (Å²) in [6.45, 7) is 1.88. The van der Waals surface area contributed by atoms with Gasteiger partial charge in [0.15, 0.2) is 0 Å². The van der Waals surface area contributed by atoms with E-state index in [1.807, 2.05) is 6.92 Å². The minimum Gasteiger partial charge on any atom is -0.399 e. The summed E-state index contributed by atoms with van der Waals surface area (Å²) < 4.78 is 0. The van der Waals surface area contributed by atoms with Crippen molar-refractivity contribution in [2.45, 2.75) is 13.0 Å². The molecule has 0 aliphatic rings. The number of aromatic nitrogens is 1. The first-order valence-electron chi connectivity index (χ1n) is 3.17. The van der Waals surface area contributed by atoms with Gasteiger partial charge >= 0.3 is 0 Å². The van der Waals surface area contributed by atoms with Gasteiger partial charge in [-0.1, -0.05) is 0 Å². The zero-order valence-electron chi connectivity index (χ0n) is 5.91. The molecule has 0 radical (unpaired) electrons. The molecule has 1 atom stereocenters. The highest BCUT2D eigenvalue weighted by molar-refractivity contribution is 5.37. The van der Waals surface area contributed by atoms with Crippen molar-refractivity contribution in [3.05, 3.63) is 24.0 Å². The lowest BCUT2D eigenvalue weighted by Crippen LogP contribution is -2.07. The SMILES string of the molecule is C[C@@H](N)c1cc(N)ccn1. The van der Waals surface area contributed by atoms with Gasteiger partial charge in [-0.2, -0.15) is 0 Å². The number of pyridine rings is 1. The van der Waals surface area contributed by atoms with Crippen LogP contribution in [-0.2, 0) is 0 Å². The Kier molecular flexibility index (Phi) is 1.87. The van der Waals surface area contributed by atoms with Gasteiger partial charge in [-0.05, 0) is 19.1 Å². The minimum absolute atomic E-state index is 0.0384. The molecule has 3 heteroatoms. The Balaban J connectivity index is 2.96. The third-order valence-corrected chi connectivity index (χ3v) is 1.27. The standard InChI is InChI=1S/C7H11N3/c1-5(8)7-4-6(9)2-3-10-7/h2-5H,8H2,1H3,(H2,9,10)/t5-/m1/s1. The third-order valence-electron chi connectivity index (χ3n) is 1.27. The van der Waals surface area contributed by atoms with Gasteiger partial charge < -0.3 is 11.5 Å². The Morgan fingerprint density at radius 3 is 2.70 bits per heavy atom. The lowest BCUT2D eigenvalue weighted by Gasteiger charge is -2.03. The molecule has 0 unspecified atom stereocenters. The second kappa shape index (κ2) is 2.66. The zero-order chi connectivity index (χ0) is 7.56. The fraction of sp³-hybridized carbons (Fsp3) is 0.286. The van der Waals surface area contributed by atoms with E-state index < -0.39 is 0 Å². The van der Waals surface area contributed by atoms with Gasteiger partial charge in [0.25, 0.3) is 0 Å². The van der Waals surface area contributed by atoms with Crippen LogP contribution in [-0.4, -0.2) is 4.98 Å². The van der Waals surface area contributed by atoms with Crippen LogP contribution in [0, 0.1) is 0 Å². The summed E-state index contributed by atoms with van der Waals surface area (Å²) in [6, 6.07) is 3.49. The van der Waals surface area contributed by atoms with E-state index in [1.54, 1.807) is 18.3 Å². The number of nitrogens with two attached hydrogens (primary N) is 2. The van der Waals surface area contributed by atoms with Gasteiger partial charge in [0.05, 0.1) is 5.69 Å². The Labute approximate surface area is 60.1 Å². The summed E-state index contributed by atoms with van der Waals surface area (Å²) in [7, 11) is 0. The molecule has 10 heavy (non-hydrogen) atoms. The van der Waals surface area contributed by atoms with Crippen molar-refractivity contribution in [1.29, 1.82) is 0 Å². The van der Waals surface area contributed by atoms with E-state index >= 15 is 0 Å². The largest absolute Gasteiger partial charge is 0.399 e. The smallest absolute Gasteiger partial charge is 0.0588 e. The fourth-order valence-corrected chi connectivity index (χ4v) is 0.715. The van der Waals surface area contributed by atoms with E-state index in [4.69, 9.17) is 11.5 Å². The maximum atomic E-state index is 5.56. The quantitative estimate of drug-likeness (QED) is 0.598. The first-order valence-corrected chi connectivity index (χ1v) is 3.17. The monoisotopic (exact) mass is 137 g/mol. The molecule has 0 aliphatic heterocycles. The summed E-state index contributed by atoms with van der Waals surface area (Å²) in [5, 5.41) is 0. The van der Waals surface area contributed by atoms with E-state index in [2.05, 4.69) is 4.98 Å².